The van der Waals surface area contributed by atoms with Crippen molar-refractivity contribution >= 4 is 11.9 Å². The summed E-state index contributed by atoms with van der Waals surface area (Å²) >= 11 is 0. The van der Waals surface area contributed by atoms with Gasteiger partial charge in [0.05, 0.1) is 0 Å². The van der Waals surface area contributed by atoms with Crippen LogP contribution in [0.1, 0.15) is 77.0 Å². The molecule has 25 heavy (non-hydrogen) atoms. The van der Waals surface area contributed by atoms with Crippen LogP contribution in [-0.4, -0.2) is 42.5 Å². The molecule has 1 heterocycles. The number of urea groups is 1. The zero-order valence-electron chi connectivity index (χ0n) is 15.6. The molecule has 2 N–H and O–H groups in total. The van der Waals surface area contributed by atoms with Gasteiger partial charge in [0.15, 0.2) is 0 Å². The summed E-state index contributed by atoms with van der Waals surface area (Å²) in [6.45, 7) is 2.31. The predicted molar refractivity (Wildman–Crippen MR) is 99.3 cm³/mol. The first-order valence-electron chi connectivity index (χ1n) is 10.6. The minimum Gasteiger partial charge on any atom is -0.353 e. The summed E-state index contributed by atoms with van der Waals surface area (Å²) in [7, 11) is 0. The topological polar surface area (TPSA) is 61.4 Å². The van der Waals surface area contributed by atoms with Crippen molar-refractivity contribution in [2.24, 2.45) is 11.8 Å². The minimum atomic E-state index is 0.0763. The summed E-state index contributed by atoms with van der Waals surface area (Å²) < 4.78 is 0. The van der Waals surface area contributed by atoms with E-state index in [1.807, 2.05) is 4.90 Å². The Labute approximate surface area is 152 Å². The van der Waals surface area contributed by atoms with Crippen molar-refractivity contribution in [3.8, 4) is 0 Å². The molecule has 0 bridgehead atoms. The van der Waals surface area contributed by atoms with Crippen molar-refractivity contribution in [2.45, 2.75) is 83.1 Å². The highest BCUT2D eigenvalue weighted by molar-refractivity contribution is 5.79. The number of amides is 3. The van der Waals surface area contributed by atoms with Crippen LogP contribution in [-0.2, 0) is 4.79 Å². The van der Waals surface area contributed by atoms with Crippen LogP contribution in [0.5, 0.6) is 0 Å². The fourth-order valence-corrected chi connectivity index (χ4v) is 4.39. The first-order valence-corrected chi connectivity index (χ1v) is 10.6. The van der Waals surface area contributed by atoms with E-state index in [9.17, 15) is 9.59 Å². The molecule has 3 aliphatic rings. The number of nitrogens with zero attached hydrogens (tertiary/aromatic N) is 1. The van der Waals surface area contributed by atoms with Crippen molar-refractivity contribution < 1.29 is 9.59 Å². The molecular formula is C20H35N3O2. The molecule has 2 saturated carbocycles. The van der Waals surface area contributed by atoms with Crippen LogP contribution < -0.4 is 10.6 Å². The first-order chi connectivity index (χ1) is 12.2. The smallest absolute Gasteiger partial charge is 0.317 e. The highest BCUT2D eigenvalue weighted by atomic mass is 16.2. The van der Waals surface area contributed by atoms with Gasteiger partial charge in [-0.2, -0.15) is 0 Å². The Morgan fingerprint density at radius 1 is 0.880 bits per heavy atom. The third kappa shape index (κ3) is 5.61. The molecule has 0 aromatic rings. The zero-order chi connectivity index (χ0) is 17.5. The van der Waals surface area contributed by atoms with Crippen molar-refractivity contribution in [1.29, 1.82) is 0 Å². The lowest BCUT2D eigenvalue weighted by atomic mass is 9.84. The molecule has 5 nitrogen and oxygen atoms in total. The average molecular weight is 350 g/mol. The van der Waals surface area contributed by atoms with E-state index in [4.69, 9.17) is 0 Å². The van der Waals surface area contributed by atoms with Gasteiger partial charge < -0.3 is 15.5 Å². The third-order valence-electron chi connectivity index (χ3n) is 6.39. The molecule has 3 amide bonds. The molecule has 142 valence electrons. The van der Waals surface area contributed by atoms with Crippen LogP contribution in [0, 0.1) is 11.8 Å². The summed E-state index contributed by atoms with van der Waals surface area (Å²) in [6, 6.07) is 0.330. The lowest BCUT2D eigenvalue weighted by Crippen LogP contribution is -2.50. The first kappa shape index (κ1) is 18.5. The normalized spacial score (nSPS) is 23.1. The molecule has 3 rings (SSSR count). The van der Waals surface area contributed by atoms with Gasteiger partial charge in [0.2, 0.25) is 5.91 Å². The zero-order valence-corrected chi connectivity index (χ0v) is 15.6. The maximum Gasteiger partial charge on any atom is 0.317 e. The number of piperidine rings is 1. The van der Waals surface area contributed by atoms with E-state index in [-0.39, 0.29) is 23.9 Å². The number of nitrogens with one attached hydrogen (secondary N) is 2. The summed E-state index contributed by atoms with van der Waals surface area (Å²) in [6.07, 6.45) is 14.4. The van der Waals surface area contributed by atoms with Gasteiger partial charge in [0.1, 0.15) is 0 Å². The molecule has 1 aliphatic heterocycles. The van der Waals surface area contributed by atoms with Gasteiger partial charge >= 0.3 is 6.03 Å². The van der Waals surface area contributed by atoms with Gasteiger partial charge in [-0.05, 0) is 44.4 Å². The van der Waals surface area contributed by atoms with Crippen LogP contribution in [0.25, 0.3) is 0 Å². The molecule has 1 saturated heterocycles. The monoisotopic (exact) mass is 349 g/mol. The van der Waals surface area contributed by atoms with Crippen LogP contribution in [0.3, 0.4) is 0 Å². The fraction of sp³-hybridized carbons (Fsp3) is 0.900. The van der Waals surface area contributed by atoms with Crippen molar-refractivity contribution in [3.63, 3.8) is 0 Å². The maximum atomic E-state index is 12.3. The Balaban J connectivity index is 1.25. The van der Waals surface area contributed by atoms with Crippen LogP contribution in [0.15, 0.2) is 0 Å². The second kappa shape index (κ2) is 9.44. The number of hydrogen-bond donors (Lipinski definition) is 2. The largest absolute Gasteiger partial charge is 0.353 e. The van der Waals surface area contributed by atoms with Crippen LogP contribution >= 0.6 is 0 Å². The second-order valence-electron chi connectivity index (χ2n) is 8.28. The van der Waals surface area contributed by atoms with E-state index < -0.39 is 0 Å². The number of carbonyl (C=O) groups is 2. The highest BCUT2D eigenvalue weighted by Crippen LogP contribution is 2.27. The molecule has 2 aliphatic carbocycles. The molecule has 5 heteroatoms. The van der Waals surface area contributed by atoms with E-state index in [0.29, 0.717) is 0 Å². The van der Waals surface area contributed by atoms with Gasteiger partial charge in [-0.3, -0.25) is 4.79 Å². The number of carbonyl (C=O) groups excluding carboxylic acids is 2. The summed E-state index contributed by atoms with van der Waals surface area (Å²) in [5.74, 6) is 1.38. The Bertz CT molecular complexity index is 436. The number of rotatable bonds is 6. The molecular weight excluding hydrogens is 314 g/mol. The van der Waals surface area contributed by atoms with E-state index in [2.05, 4.69) is 10.6 Å². The number of likely N-dealkylation sites (tertiary alicyclic amines) is 1. The van der Waals surface area contributed by atoms with Gasteiger partial charge in [0.25, 0.3) is 0 Å². The molecule has 0 unspecified atom stereocenters. The predicted octanol–water partition coefficient (Wildman–Crippen LogP) is 3.44. The lowest BCUT2D eigenvalue weighted by Gasteiger charge is -2.34. The minimum absolute atomic E-state index is 0.0763. The Kier molecular flexibility index (Phi) is 7.00. The van der Waals surface area contributed by atoms with Crippen molar-refractivity contribution in [2.75, 3.05) is 19.6 Å². The Morgan fingerprint density at radius 3 is 2.24 bits per heavy atom. The molecule has 0 aromatic carbocycles. The molecule has 0 atom stereocenters. The van der Waals surface area contributed by atoms with E-state index in [0.717, 1.165) is 57.7 Å². The lowest BCUT2D eigenvalue weighted by molar-refractivity contribution is -0.128. The summed E-state index contributed by atoms with van der Waals surface area (Å²) in [5.41, 5.74) is 0. The molecule has 3 fully saturated rings. The van der Waals surface area contributed by atoms with Gasteiger partial charge in [-0.25, -0.2) is 4.79 Å². The van der Waals surface area contributed by atoms with E-state index in [1.165, 1.54) is 44.9 Å². The molecule has 0 aromatic heterocycles. The van der Waals surface area contributed by atoms with E-state index >= 15 is 0 Å². The summed E-state index contributed by atoms with van der Waals surface area (Å²) in [4.78, 5) is 26.2. The van der Waals surface area contributed by atoms with E-state index in [1.54, 1.807) is 0 Å². The van der Waals surface area contributed by atoms with Gasteiger partial charge in [0, 0.05) is 31.6 Å². The molecule has 0 radical (unpaired) electrons. The standard InChI is InChI=1S/C20H35N3O2/c24-19(17-9-4-10-17)22-18-11-14-23(15-12-18)20(25)21-13-5-8-16-6-2-1-3-7-16/h16-18H,1-15H2,(H,21,25)(H,22,24). The summed E-state index contributed by atoms with van der Waals surface area (Å²) in [5, 5.41) is 6.26. The maximum absolute atomic E-state index is 12.3. The second-order valence-corrected chi connectivity index (χ2v) is 8.28. The van der Waals surface area contributed by atoms with Gasteiger partial charge in [-0.1, -0.05) is 38.5 Å². The Morgan fingerprint density at radius 2 is 1.60 bits per heavy atom. The van der Waals surface area contributed by atoms with Crippen LogP contribution in [0.2, 0.25) is 0 Å². The number of hydrogen-bond acceptors (Lipinski definition) is 2. The fourth-order valence-electron chi connectivity index (χ4n) is 4.39. The van der Waals surface area contributed by atoms with Crippen molar-refractivity contribution in [1.82, 2.24) is 15.5 Å². The van der Waals surface area contributed by atoms with Gasteiger partial charge in [-0.15, -0.1) is 0 Å². The molecule has 0 spiro atoms. The highest BCUT2D eigenvalue weighted by Gasteiger charge is 2.29. The van der Waals surface area contributed by atoms with Crippen molar-refractivity contribution in [3.05, 3.63) is 0 Å². The SMILES string of the molecule is O=C(NC1CCN(C(=O)NCCCC2CCCCC2)CC1)C1CCC1. The average Bonchev–Trinajstić information content (AvgIpc) is 2.58. The van der Waals surface area contributed by atoms with Crippen LogP contribution in [0.4, 0.5) is 4.79 Å². The third-order valence-corrected chi connectivity index (χ3v) is 6.39. The Hall–Kier alpha value is -1.26. The quantitative estimate of drug-likeness (QED) is 0.722.